The molecule has 0 fully saturated rings. The van der Waals surface area contributed by atoms with E-state index < -0.39 is 0 Å². The van der Waals surface area contributed by atoms with Gasteiger partial charge in [0.1, 0.15) is 5.75 Å². The summed E-state index contributed by atoms with van der Waals surface area (Å²) in [6, 6.07) is 7.56. The number of amides is 1. The molecule has 0 atom stereocenters. The van der Waals surface area contributed by atoms with Crippen LogP contribution in [0.15, 0.2) is 24.3 Å². The molecule has 0 unspecified atom stereocenters. The summed E-state index contributed by atoms with van der Waals surface area (Å²) in [6.45, 7) is 2.32. The van der Waals surface area contributed by atoms with Gasteiger partial charge in [0.05, 0.1) is 26.9 Å². The average Bonchev–Trinajstić information content (AvgIpc) is 2.51. The molecular formula is C15H24N2O4. The zero-order chi connectivity index (χ0) is 15.5. The maximum atomic E-state index is 11.9. The maximum absolute atomic E-state index is 11.9. The van der Waals surface area contributed by atoms with E-state index in [1.54, 1.807) is 14.2 Å². The number of rotatable bonds is 10. The second kappa shape index (κ2) is 10.1. The summed E-state index contributed by atoms with van der Waals surface area (Å²) in [4.78, 5) is 13.8. The number of benzene rings is 1. The number of hydrogen-bond acceptors (Lipinski definition) is 5. The molecule has 0 heterocycles. The van der Waals surface area contributed by atoms with Crippen molar-refractivity contribution < 1.29 is 19.4 Å². The number of ether oxygens (including phenoxy) is 2. The number of aliphatic hydroxyl groups excluding tert-OH is 1. The minimum absolute atomic E-state index is 0.0207. The molecule has 21 heavy (non-hydrogen) atoms. The molecule has 0 bridgehead atoms. The Morgan fingerprint density at radius 2 is 2.14 bits per heavy atom. The van der Waals surface area contributed by atoms with Crippen LogP contribution in [0.25, 0.3) is 0 Å². The van der Waals surface area contributed by atoms with E-state index in [1.807, 2.05) is 29.2 Å². The van der Waals surface area contributed by atoms with E-state index in [0.29, 0.717) is 26.2 Å². The first-order chi connectivity index (χ1) is 10.2. The molecule has 0 aromatic heterocycles. The first kappa shape index (κ1) is 17.4. The molecule has 0 saturated heterocycles. The van der Waals surface area contributed by atoms with Gasteiger partial charge in [-0.2, -0.15) is 0 Å². The zero-order valence-corrected chi connectivity index (χ0v) is 12.7. The van der Waals surface area contributed by atoms with Crippen molar-refractivity contribution >= 4 is 5.91 Å². The Morgan fingerprint density at radius 3 is 2.81 bits per heavy atom. The van der Waals surface area contributed by atoms with Crippen LogP contribution in [0.1, 0.15) is 5.56 Å². The predicted octanol–water partition coefficient (Wildman–Crippen LogP) is 0.252. The third-order valence-electron chi connectivity index (χ3n) is 3.02. The molecule has 0 aliphatic heterocycles. The highest BCUT2D eigenvalue weighted by atomic mass is 16.5. The van der Waals surface area contributed by atoms with Crippen LogP contribution < -0.4 is 10.1 Å². The minimum Gasteiger partial charge on any atom is -0.497 e. The lowest BCUT2D eigenvalue weighted by Crippen LogP contribution is -2.39. The van der Waals surface area contributed by atoms with Gasteiger partial charge >= 0.3 is 0 Å². The Labute approximate surface area is 125 Å². The van der Waals surface area contributed by atoms with Gasteiger partial charge in [-0.05, 0) is 17.7 Å². The Morgan fingerprint density at radius 1 is 1.33 bits per heavy atom. The standard InChI is InChI=1S/C15H24N2O4/c1-20-9-7-17(6-8-18)12-15(19)16-11-13-4-3-5-14(10-13)21-2/h3-5,10,18H,6-9,11-12H2,1-2H3,(H,16,19). The van der Waals surface area contributed by atoms with Crippen molar-refractivity contribution in [3.63, 3.8) is 0 Å². The average molecular weight is 296 g/mol. The van der Waals surface area contributed by atoms with Gasteiger partial charge < -0.3 is 19.9 Å². The first-order valence-electron chi connectivity index (χ1n) is 6.91. The summed E-state index contributed by atoms with van der Waals surface area (Å²) >= 11 is 0. The molecular weight excluding hydrogens is 272 g/mol. The van der Waals surface area contributed by atoms with Gasteiger partial charge in [-0.3, -0.25) is 9.69 Å². The van der Waals surface area contributed by atoms with Gasteiger partial charge in [0.15, 0.2) is 0 Å². The SMILES string of the molecule is COCCN(CCO)CC(=O)NCc1cccc(OC)c1. The van der Waals surface area contributed by atoms with E-state index in [-0.39, 0.29) is 19.1 Å². The van der Waals surface area contributed by atoms with Gasteiger partial charge in [-0.1, -0.05) is 12.1 Å². The Bertz CT molecular complexity index is 426. The molecule has 6 heteroatoms. The third-order valence-corrected chi connectivity index (χ3v) is 3.02. The fourth-order valence-electron chi connectivity index (χ4n) is 1.87. The highest BCUT2D eigenvalue weighted by molar-refractivity contribution is 5.78. The molecule has 0 radical (unpaired) electrons. The van der Waals surface area contributed by atoms with Crippen LogP contribution in [-0.4, -0.2) is 63.0 Å². The molecule has 0 spiro atoms. The molecule has 1 rings (SSSR count). The molecule has 0 aliphatic carbocycles. The number of nitrogens with zero attached hydrogens (tertiary/aromatic N) is 1. The smallest absolute Gasteiger partial charge is 0.234 e. The Kier molecular flexibility index (Phi) is 8.42. The fourth-order valence-corrected chi connectivity index (χ4v) is 1.87. The quantitative estimate of drug-likeness (QED) is 0.648. The summed E-state index contributed by atoms with van der Waals surface area (Å²) in [5, 5.41) is 11.8. The molecule has 1 aromatic rings. The van der Waals surface area contributed by atoms with Crippen molar-refractivity contribution in [2.75, 3.05) is 47.1 Å². The van der Waals surface area contributed by atoms with Gasteiger partial charge in [0.2, 0.25) is 5.91 Å². The number of carbonyl (C=O) groups is 1. The van der Waals surface area contributed by atoms with Crippen LogP contribution in [0.3, 0.4) is 0 Å². The lowest BCUT2D eigenvalue weighted by atomic mass is 10.2. The van der Waals surface area contributed by atoms with Crippen molar-refractivity contribution in [2.24, 2.45) is 0 Å². The van der Waals surface area contributed by atoms with Crippen LogP contribution in [0.2, 0.25) is 0 Å². The lowest BCUT2D eigenvalue weighted by molar-refractivity contribution is -0.122. The summed E-state index contributed by atoms with van der Waals surface area (Å²) in [5.41, 5.74) is 0.980. The van der Waals surface area contributed by atoms with Gasteiger partial charge in [-0.25, -0.2) is 0 Å². The van der Waals surface area contributed by atoms with E-state index in [1.165, 1.54) is 0 Å². The maximum Gasteiger partial charge on any atom is 0.234 e. The fraction of sp³-hybridized carbons (Fsp3) is 0.533. The monoisotopic (exact) mass is 296 g/mol. The number of aliphatic hydroxyl groups is 1. The largest absolute Gasteiger partial charge is 0.497 e. The highest BCUT2D eigenvalue weighted by Gasteiger charge is 2.10. The minimum atomic E-state index is -0.0811. The van der Waals surface area contributed by atoms with Crippen molar-refractivity contribution in [2.45, 2.75) is 6.54 Å². The van der Waals surface area contributed by atoms with Crippen molar-refractivity contribution in [3.8, 4) is 5.75 Å². The Hall–Kier alpha value is -1.63. The second-order valence-electron chi connectivity index (χ2n) is 4.62. The molecule has 2 N–H and O–H groups in total. The van der Waals surface area contributed by atoms with Crippen LogP contribution >= 0.6 is 0 Å². The van der Waals surface area contributed by atoms with Crippen molar-refractivity contribution in [1.29, 1.82) is 0 Å². The van der Waals surface area contributed by atoms with Crippen LogP contribution in [-0.2, 0) is 16.1 Å². The summed E-state index contributed by atoms with van der Waals surface area (Å²) < 4.78 is 10.1. The summed E-state index contributed by atoms with van der Waals surface area (Å²) in [6.07, 6.45) is 0. The molecule has 6 nitrogen and oxygen atoms in total. The second-order valence-corrected chi connectivity index (χ2v) is 4.62. The van der Waals surface area contributed by atoms with Crippen LogP contribution in [0.4, 0.5) is 0 Å². The molecule has 0 aliphatic rings. The predicted molar refractivity (Wildman–Crippen MR) is 80.2 cm³/mol. The first-order valence-corrected chi connectivity index (χ1v) is 6.91. The molecule has 0 saturated carbocycles. The zero-order valence-electron chi connectivity index (χ0n) is 12.7. The van der Waals surface area contributed by atoms with E-state index in [2.05, 4.69) is 5.32 Å². The van der Waals surface area contributed by atoms with Crippen molar-refractivity contribution in [1.82, 2.24) is 10.2 Å². The van der Waals surface area contributed by atoms with E-state index in [0.717, 1.165) is 11.3 Å². The summed E-state index contributed by atoms with van der Waals surface area (Å²) in [5.74, 6) is 0.686. The topological polar surface area (TPSA) is 71.0 Å². The van der Waals surface area contributed by atoms with Gasteiger partial charge in [0.25, 0.3) is 0 Å². The normalized spacial score (nSPS) is 10.7. The van der Waals surface area contributed by atoms with Crippen molar-refractivity contribution in [3.05, 3.63) is 29.8 Å². The van der Waals surface area contributed by atoms with E-state index >= 15 is 0 Å². The Balaban J connectivity index is 2.40. The van der Waals surface area contributed by atoms with Gasteiger partial charge in [-0.15, -0.1) is 0 Å². The highest BCUT2D eigenvalue weighted by Crippen LogP contribution is 2.12. The van der Waals surface area contributed by atoms with E-state index in [9.17, 15) is 4.79 Å². The molecule has 1 aromatic carbocycles. The third kappa shape index (κ3) is 7.08. The molecule has 118 valence electrons. The van der Waals surface area contributed by atoms with E-state index in [4.69, 9.17) is 14.6 Å². The molecule has 1 amide bonds. The van der Waals surface area contributed by atoms with Crippen LogP contribution in [0.5, 0.6) is 5.75 Å². The lowest BCUT2D eigenvalue weighted by Gasteiger charge is -2.20. The number of nitrogens with one attached hydrogen (secondary N) is 1. The number of carbonyl (C=O) groups excluding carboxylic acids is 1. The number of methoxy groups -OCH3 is 2. The summed E-state index contributed by atoms with van der Waals surface area (Å²) in [7, 11) is 3.22. The van der Waals surface area contributed by atoms with Crippen LogP contribution in [0, 0.1) is 0 Å². The van der Waals surface area contributed by atoms with Gasteiger partial charge in [0, 0.05) is 26.7 Å². The number of hydrogen-bond donors (Lipinski definition) is 2.